The van der Waals surface area contributed by atoms with E-state index >= 15 is 0 Å². The van der Waals surface area contributed by atoms with Gasteiger partial charge in [0.25, 0.3) is 0 Å². The van der Waals surface area contributed by atoms with Crippen LogP contribution in [0.4, 0.5) is 0 Å². The first-order chi connectivity index (χ1) is 5.78. The van der Waals surface area contributed by atoms with Gasteiger partial charge in [-0.05, 0) is 0 Å². The van der Waals surface area contributed by atoms with E-state index in [4.69, 9.17) is 5.11 Å². The van der Waals surface area contributed by atoms with Gasteiger partial charge in [0.1, 0.15) is 5.60 Å². The van der Waals surface area contributed by atoms with Crippen molar-refractivity contribution < 1.29 is 73.2 Å². The maximum Gasteiger partial charge on any atom is 3.00 e. The molecular formula is C6H13NiO11. The average Bonchev–Trinajstić information content (AvgIpc) is 1.82. The van der Waals surface area contributed by atoms with Crippen LogP contribution in [0.5, 0.6) is 0 Å². The smallest absolute Gasteiger partial charge is 0.550 e. The summed E-state index contributed by atoms with van der Waals surface area (Å²) < 4.78 is 0. The third-order valence-corrected chi connectivity index (χ3v) is 1.25. The number of carboxylic acids is 3. The van der Waals surface area contributed by atoms with Crippen molar-refractivity contribution in [3.8, 4) is 0 Å². The summed E-state index contributed by atoms with van der Waals surface area (Å²) in [7, 11) is 0. The van der Waals surface area contributed by atoms with E-state index in [1.54, 1.807) is 0 Å². The second kappa shape index (κ2) is 13.8. The second-order valence-corrected chi connectivity index (χ2v) is 2.42. The number of carbonyl (C=O) groups is 3. The molecule has 0 aliphatic heterocycles. The van der Waals surface area contributed by atoms with Crippen LogP contribution in [-0.2, 0) is 30.9 Å². The Morgan fingerprint density at radius 1 is 0.833 bits per heavy atom. The Kier molecular flexibility index (Phi) is 27.5. The van der Waals surface area contributed by atoms with Gasteiger partial charge in [-0.3, -0.25) is 0 Å². The summed E-state index contributed by atoms with van der Waals surface area (Å²) in [5.41, 5.74) is -2.97. The van der Waals surface area contributed by atoms with E-state index in [9.17, 15) is 29.7 Å². The Bertz CT molecular complexity index is 236. The fraction of sp³-hybridized carbons (Fsp3) is 0.500. The van der Waals surface area contributed by atoms with Crippen molar-refractivity contribution in [3.63, 3.8) is 0 Å². The van der Waals surface area contributed by atoms with Gasteiger partial charge in [0.05, 0.1) is 5.97 Å². The van der Waals surface area contributed by atoms with Crippen LogP contribution in [0.15, 0.2) is 0 Å². The topological polar surface area (TPSA) is 267 Å². The molecule has 11 nitrogen and oxygen atoms in total. The van der Waals surface area contributed by atoms with E-state index in [-0.39, 0.29) is 38.4 Å². The van der Waals surface area contributed by atoms with Gasteiger partial charge in [-0.25, -0.2) is 0 Å². The molecule has 0 bridgehead atoms. The summed E-state index contributed by atoms with van der Waals surface area (Å²) in [4.78, 5) is 30.0. The maximum absolute atomic E-state index is 10.1. The number of carboxylic acid groups (broad SMARTS) is 3. The summed E-state index contributed by atoms with van der Waals surface area (Å²) in [5, 5.41) is 38.9. The number of carbonyl (C=O) groups excluding carboxylic acids is 3. The summed E-state index contributed by atoms with van der Waals surface area (Å²) in [6, 6.07) is 0. The van der Waals surface area contributed by atoms with Crippen molar-refractivity contribution in [2.75, 3.05) is 0 Å². The molecule has 9 N–H and O–H groups in total. The fourth-order valence-corrected chi connectivity index (χ4v) is 0.684. The van der Waals surface area contributed by atoms with Crippen LogP contribution in [0, 0.1) is 0 Å². The average molecular weight is 320 g/mol. The van der Waals surface area contributed by atoms with Gasteiger partial charge < -0.3 is 56.7 Å². The molecule has 113 valence electrons. The molecule has 18 heavy (non-hydrogen) atoms. The van der Waals surface area contributed by atoms with Gasteiger partial charge >= 0.3 is 16.5 Å². The Hall–Kier alpha value is -1.30. The molecule has 0 fully saturated rings. The van der Waals surface area contributed by atoms with Crippen molar-refractivity contribution in [1.29, 1.82) is 0 Å². The van der Waals surface area contributed by atoms with Crippen molar-refractivity contribution in [2.45, 2.75) is 18.4 Å². The number of hydrogen-bond donors (Lipinski definition) is 1. The fourth-order valence-electron chi connectivity index (χ4n) is 0.684. The first-order valence-electron chi connectivity index (χ1n) is 3.11. The minimum absolute atomic E-state index is 0. The van der Waals surface area contributed by atoms with E-state index < -0.39 is 36.4 Å². The van der Waals surface area contributed by atoms with Crippen LogP contribution in [-0.4, -0.2) is 50.5 Å². The van der Waals surface area contributed by atoms with Gasteiger partial charge in [-0.15, -0.1) is 0 Å². The van der Waals surface area contributed by atoms with Crippen molar-refractivity contribution in [3.05, 3.63) is 0 Å². The Balaban J connectivity index is -0.0000000720. The van der Waals surface area contributed by atoms with Crippen molar-refractivity contribution in [1.82, 2.24) is 0 Å². The molecule has 0 atom stereocenters. The van der Waals surface area contributed by atoms with Crippen LogP contribution in [0.1, 0.15) is 12.8 Å². The summed E-state index contributed by atoms with van der Waals surface area (Å²) in [5.74, 6) is -5.98. The molecule has 1 radical (unpaired) electrons. The molecule has 0 aliphatic rings. The molecule has 0 aromatic rings. The summed E-state index contributed by atoms with van der Waals surface area (Å²) >= 11 is 0. The number of hydrogen-bond acceptors (Lipinski definition) is 7. The molecule has 0 saturated carbocycles. The predicted octanol–water partition coefficient (Wildman–Crippen LogP) is -8.55. The zero-order valence-corrected chi connectivity index (χ0v) is 9.61. The van der Waals surface area contributed by atoms with E-state index in [1.165, 1.54) is 0 Å². The third kappa shape index (κ3) is 12.8. The Labute approximate surface area is 110 Å². The molecule has 0 rings (SSSR count). The van der Waals surface area contributed by atoms with Gasteiger partial charge in [-0.2, -0.15) is 0 Å². The van der Waals surface area contributed by atoms with Crippen LogP contribution in [0.2, 0.25) is 0 Å². The SMILES string of the molecule is O.O.O.O.O=C([O-])CC(O)(CC(=O)[O-])C(=O)[O-].[Ni+3]. The van der Waals surface area contributed by atoms with Crippen LogP contribution in [0.25, 0.3) is 0 Å². The largest absolute Gasteiger partial charge is 3.00 e. The minimum Gasteiger partial charge on any atom is -0.550 e. The monoisotopic (exact) mass is 319 g/mol. The molecule has 0 aliphatic carbocycles. The summed E-state index contributed by atoms with van der Waals surface area (Å²) in [6.07, 6.45) is -2.72. The molecule has 12 heteroatoms. The standard InChI is InChI=1S/C6H8O7.Ni.4H2O/c7-3(8)1-6(13,5(11)12)2-4(9)10;;;;;/h13H,1-2H2,(H,7,8)(H,9,10)(H,11,12);;4*1H2/q;+3;;;;/p-3. The molecular weight excluding hydrogens is 307 g/mol. The van der Waals surface area contributed by atoms with Gasteiger partial charge in [-0.1, -0.05) is 0 Å². The molecule has 0 aromatic carbocycles. The molecule has 0 unspecified atom stereocenters. The predicted molar refractivity (Wildman–Crippen MR) is 43.7 cm³/mol. The Morgan fingerprint density at radius 3 is 1.17 bits per heavy atom. The van der Waals surface area contributed by atoms with E-state index in [2.05, 4.69) is 0 Å². The second-order valence-electron chi connectivity index (χ2n) is 2.42. The quantitative estimate of drug-likeness (QED) is 0.477. The van der Waals surface area contributed by atoms with E-state index in [1.807, 2.05) is 0 Å². The first-order valence-corrected chi connectivity index (χ1v) is 3.11. The van der Waals surface area contributed by atoms with E-state index in [0.717, 1.165) is 0 Å². The molecule has 0 spiro atoms. The number of rotatable bonds is 5. The minimum atomic E-state index is -2.97. The van der Waals surface area contributed by atoms with Crippen LogP contribution in [0.3, 0.4) is 0 Å². The van der Waals surface area contributed by atoms with Crippen LogP contribution >= 0.6 is 0 Å². The summed E-state index contributed by atoms with van der Waals surface area (Å²) in [6.45, 7) is 0. The van der Waals surface area contributed by atoms with Gasteiger partial charge in [0.2, 0.25) is 0 Å². The zero-order valence-electron chi connectivity index (χ0n) is 8.63. The third-order valence-electron chi connectivity index (χ3n) is 1.25. The van der Waals surface area contributed by atoms with E-state index in [0.29, 0.717) is 0 Å². The first kappa shape index (κ1) is 36.0. The number of aliphatic hydroxyl groups is 1. The Morgan fingerprint density at radius 2 is 1.06 bits per heavy atom. The van der Waals surface area contributed by atoms with Gasteiger partial charge in [0, 0.05) is 24.8 Å². The van der Waals surface area contributed by atoms with Gasteiger partial charge in [0.15, 0.2) is 0 Å². The molecule has 0 aromatic heterocycles. The maximum atomic E-state index is 10.1. The molecule has 0 heterocycles. The van der Waals surface area contributed by atoms with Crippen LogP contribution < -0.4 is 15.3 Å². The molecule has 0 saturated heterocycles. The normalized spacial score (nSPS) is 7.83. The zero-order chi connectivity index (χ0) is 10.6. The van der Waals surface area contributed by atoms with Crippen molar-refractivity contribution >= 4 is 17.9 Å². The van der Waals surface area contributed by atoms with Crippen molar-refractivity contribution in [2.24, 2.45) is 0 Å². The number of aliphatic carboxylic acids is 3. The molecule has 0 amide bonds.